The molecule has 28 heavy (non-hydrogen) atoms. The fourth-order valence-corrected chi connectivity index (χ4v) is 3.83. The summed E-state index contributed by atoms with van der Waals surface area (Å²) in [7, 11) is -3.69. The quantitative estimate of drug-likeness (QED) is 0.686. The summed E-state index contributed by atoms with van der Waals surface area (Å²) in [4.78, 5) is 0.133. The Kier molecular flexibility index (Phi) is 5.18. The molecule has 0 fully saturated rings. The highest BCUT2D eigenvalue weighted by atomic mass is 32.2. The third-order valence-electron chi connectivity index (χ3n) is 4.17. The second-order valence-electron chi connectivity index (χ2n) is 6.19. The van der Waals surface area contributed by atoms with Gasteiger partial charge in [-0.2, -0.15) is 0 Å². The molecule has 3 aromatic rings. The molecule has 0 spiro atoms. The van der Waals surface area contributed by atoms with Crippen LogP contribution in [-0.4, -0.2) is 21.6 Å². The summed E-state index contributed by atoms with van der Waals surface area (Å²) in [6, 6.07) is 21.3. The van der Waals surface area contributed by atoms with Crippen molar-refractivity contribution in [2.45, 2.75) is 11.4 Å². The monoisotopic (exact) mass is 397 g/mol. The number of rotatable bonds is 6. The molecule has 1 N–H and O–H groups in total. The first kappa shape index (κ1) is 18.3. The van der Waals surface area contributed by atoms with Gasteiger partial charge in [0.2, 0.25) is 10.0 Å². The molecule has 144 valence electrons. The molecule has 0 bridgehead atoms. The van der Waals surface area contributed by atoms with Gasteiger partial charge < -0.3 is 14.2 Å². The molecule has 0 aliphatic carbocycles. The SMILES string of the molecule is O=S(=O)(NCc1cccc(Oc2ccccc2)c1)c1ccc2c(c1)OCCO2. The van der Waals surface area contributed by atoms with Crippen molar-refractivity contribution < 1.29 is 22.6 Å². The summed E-state index contributed by atoms with van der Waals surface area (Å²) in [5, 5.41) is 0. The van der Waals surface area contributed by atoms with Crippen LogP contribution in [0.2, 0.25) is 0 Å². The van der Waals surface area contributed by atoms with Gasteiger partial charge in [-0.25, -0.2) is 13.1 Å². The van der Waals surface area contributed by atoms with Crippen LogP contribution in [0, 0.1) is 0 Å². The highest BCUT2D eigenvalue weighted by Crippen LogP contribution is 2.32. The number of benzene rings is 3. The van der Waals surface area contributed by atoms with E-state index in [9.17, 15) is 8.42 Å². The van der Waals surface area contributed by atoms with Crippen LogP contribution in [0.25, 0.3) is 0 Å². The molecule has 1 aliphatic rings. The number of ether oxygens (including phenoxy) is 3. The summed E-state index contributed by atoms with van der Waals surface area (Å²) >= 11 is 0. The molecule has 4 rings (SSSR count). The van der Waals surface area contributed by atoms with Crippen LogP contribution in [0.1, 0.15) is 5.56 Å². The topological polar surface area (TPSA) is 73.9 Å². The Balaban J connectivity index is 1.45. The van der Waals surface area contributed by atoms with Crippen molar-refractivity contribution in [3.05, 3.63) is 78.4 Å². The van der Waals surface area contributed by atoms with Crippen molar-refractivity contribution in [3.63, 3.8) is 0 Å². The van der Waals surface area contributed by atoms with Gasteiger partial charge in [-0.15, -0.1) is 0 Å². The van der Waals surface area contributed by atoms with E-state index in [0.717, 1.165) is 11.3 Å². The number of fused-ring (bicyclic) bond motifs is 1. The van der Waals surface area contributed by atoms with Gasteiger partial charge in [-0.05, 0) is 42.0 Å². The summed E-state index contributed by atoms with van der Waals surface area (Å²) in [6.07, 6.45) is 0. The maximum Gasteiger partial charge on any atom is 0.241 e. The third-order valence-corrected chi connectivity index (χ3v) is 5.57. The molecule has 0 aromatic heterocycles. The Morgan fingerprint density at radius 2 is 1.57 bits per heavy atom. The predicted octanol–water partition coefficient (Wildman–Crippen LogP) is 3.73. The van der Waals surface area contributed by atoms with Crippen molar-refractivity contribution in [2.24, 2.45) is 0 Å². The van der Waals surface area contributed by atoms with Gasteiger partial charge in [-0.3, -0.25) is 0 Å². The molecule has 0 saturated heterocycles. The lowest BCUT2D eigenvalue weighted by molar-refractivity contribution is 0.171. The number of para-hydroxylation sites is 1. The molecule has 0 saturated carbocycles. The lowest BCUT2D eigenvalue weighted by Crippen LogP contribution is -2.23. The largest absolute Gasteiger partial charge is 0.486 e. The van der Waals surface area contributed by atoms with Gasteiger partial charge >= 0.3 is 0 Å². The summed E-state index contributed by atoms with van der Waals surface area (Å²) in [6.45, 7) is 1.000. The van der Waals surface area contributed by atoms with E-state index in [2.05, 4.69) is 4.72 Å². The molecule has 0 radical (unpaired) electrons. The second kappa shape index (κ2) is 7.92. The predicted molar refractivity (Wildman–Crippen MR) is 104 cm³/mol. The number of hydrogen-bond acceptors (Lipinski definition) is 5. The molecular formula is C21H19NO5S. The third kappa shape index (κ3) is 4.27. The minimum Gasteiger partial charge on any atom is -0.486 e. The van der Waals surface area contributed by atoms with E-state index in [1.165, 1.54) is 12.1 Å². The van der Waals surface area contributed by atoms with E-state index in [-0.39, 0.29) is 11.4 Å². The van der Waals surface area contributed by atoms with Crippen molar-refractivity contribution in [1.82, 2.24) is 4.72 Å². The second-order valence-corrected chi connectivity index (χ2v) is 7.96. The fourth-order valence-electron chi connectivity index (χ4n) is 2.80. The first-order valence-electron chi connectivity index (χ1n) is 8.81. The van der Waals surface area contributed by atoms with Crippen LogP contribution < -0.4 is 18.9 Å². The summed E-state index contributed by atoms with van der Waals surface area (Å²) in [5.41, 5.74) is 0.787. The number of hydrogen-bond donors (Lipinski definition) is 1. The van der Waals surface area contributed by atoms with Crippen LogP contribution >= 0.6 is 0 Å². The molecule has 6 nitrogen and oxygen atoms in total. The van der Waals surface area contributed by atoms with Gasteiger partial charge in [0.15, 0.2) is 11.5 Å². The standard InChI is InChI=1S/C21H19NO5S/c23-28(24,19-9-10-20-21(14-19)26-12-11-25-20)22-15-16-5-4-8-18(13-16)27-17-6-2-1-3-7-17/h1-10,13-14,22H,11-12,15H2. The molecule has 0 unspecified atom stereocenters. The van der Waals surface area contributed by atoms with E-state index >= 15 is 0 Å². The van der Waals surface area contributed by atoms with Crippen LogP contribution in [0.3, 0.4) is 0 Å². The van der Waals surface area contributed by atoms with E-state index in [0.29, 0.717) is 30.5 Å². The Hall–Kier alpha value is -3.03. The zero-order chi connectivity index (χ0) is 19.4. The van der Waals surface area contributed by atoms with E-state index in [4.69, 9.17) is 14.2 Å². The average molecular weight is 397 g/mol. The molecule has 7 heteroatoms. The zero-order valence-electron chi connectivity index (χ0n) is 15.0. The Labute approximate surface area is 163 Å². The first-order valence-corrected chi connectivity index (χ1v) is 10.3. The van der Waals surface area contributed by atoms with Crippen LogP contribution in [0.4, 0.5) is 0 Å². The van der Waals surface area contributed by atoms with Crippen molar-refractivity contribution in [1.29, 1.82) is 0 Å². The molecule has 3 aromatic carbocycles. The van der Waals surface area contributed by atoms with Gasteiger partial charge in [0, 0.05) is 12.6 Å². The van der Waals surface area contributed by atoms with Crippen molar-refractivity contribution in [3.8, 4) is 23.0 Å². The number of sulfonamides is 1. The smallest absolute Gasteiger partial charge is 0.241 e. The molecule has 0 atom stereocenters. The van der Waals surface area contributed by atoms with E-state index < -0.39 is 10.0 Å². The maximum atomic E-state index is 12.6. The lowest BCUT2D eigenvalue weighted by Gasteiger charge is -2.19. The maximum absolute atomic E-state index is 12.6. The fraction of sp³-hybridized carbons (Fsp3) is 0.143. The van der Waals surface area contributed by atoms with Crippen LogP contribution in [0.5, 0.6) is 23.0 Å². The van der Waals surface area contributed by atoms with Crippen molar-refractivity contribution >= 4 is 10.0 Å². The Bertz CT molecular complexity index is 1070. The Morgan fingerprint density at radius 3 is 2.39 bits per heavy atom. The van der Waals surface area contributed by atoms with E-state index in [1.807, 2.05) is 48.5 Å². The van der Waals surface area contributed by atoms with Crippen LogP contribution in [0.15, 0.2) is 77.7 Å². The summed E-state index contributed by atoms with van der Waals surface area (Å²) < 4.78 is 44.5. The first-order chi connectivity index (χ1) is 13.6. The van der Waals surface area contributed by atoms with Crippen LogP contribution in [-0.2, 0) is 16.6 Å². The molecule has 1 heterocycles. The molecular weight excluding hydrogens is 378 g/mol. The van der Waals surface area contributed by atoms with Gasteiger partial charge in [0.1, 0.15) is 24.7 Å². The minimum absolute atomic E-state index is 0.133. The molecule has 1 aliphatic heterocycles. The average Bonchev–Trinajstić information content (AvgIpc) is 2.73. The lowest BCUT2D eigenvalue weighted by atomic mass is 10.2. The molecule has 0 amide bonds. The minimum atomic E-state index is -3.69. The highest BCUT2D eigenvalue weighted by Gasteiger charge is 2.19. The number of nitrogens with one attached hydrogen (secondary N) is 1. The van der Waals surface area contributed by atoms with Gasteiger partial charge in [-0.1, -0.05) is 30.3 Å². The Morgan fingerprint density at radius 1 is 0.821 bits per heavy atom. The van der Waals surface area contributed by atoms with Gasteiger partial charge in [0.05, 0.1) is 4.90 Å². The normalized spacial score (nSPS) is 13.1. The van der Waals surface area contributed by atoms with E-state index in [1.54, 1.807) is 12.1 Å². The van der Waals surface area contributed by atoms with Gasteiger partial charge in [0.25, 0.3) is 0 Å². The van der Waals surface area contributed by atoms with Crippen molar-refractivity contribution in [2.75, 3.05) is 13.2 Å². The highest BCUT2D eigenvalue weighted by molar-refractivity contribution is 7.89. The summed E-state index contributed by atoms with van der Waals surface area (Å²) in [5.74, 6) is 2.35. The zero-order valence-corrected chi connectivity index (χ0v) is 15.8.